The van der Waals surface area contributed by atoms with Crippen LogP contribution in [0.1, 0.15) is 20.3 Å². The van der Waals surface area contributed by atoms with Crippen molar-refractivity contribution in [3.05, 3.63) is 0 Å². The quantitative estimate of drug-likeness (QED) is 0.574. The van der Waals surface area contributed by atoms with Gasteiger partial charge in [-0.2, -0.15) is 0 Å². The van der Waals surface area contributed by atoms with Crippen molar-refractivity contribution in [3.63, 3.8) is 0 Å². The van der Waals surface area contributed by atoms with E-state index in [-0.39, 0.29) is 0 Å². The van der Waals surface area contributed by atoms with E-state index >= 15 is 0 Å². The Kier molecular flexibility index (Phi) is 2.97. The van der Waals surface area contributed by atoms with Crippen molar-refractivity contribution in [2.45, 2.75) is 32.7 Å². The molecule has 0 rings (SSSR count). The molecule has 0 radical (unpaired) electrons. The summed E-state index contributed by atoms with van der Waals surface area (Å²) in [4.78, 5) is 0. The van der Waals surface area contributed by atoms with Gasteiger partial charge in [-0.25, -0.2) is 0 Å². The molecule has 0 aromatic carbocycles. The molecule has 1 unspecified atom stereocenters. The Balaban J connectivity index is 3.47. The van der Waals surface area contributed by atoms with Crippen LogP contribution in [0.4, 0.5) is 13.2 Å². The van der Waals surface area contributed by atoms with Gasteiger partial charge < -0.3 is 0 Å². The highest BCUT2D eigenvalue weighted by Crippen LogP contribution is 2.19. The minimum absolute atomic E-state index is 0.375. The molecule has 0 aromatic heterocycles. The third kappa shape index (κ3) is 5.62. The molecule has 0 saturated carbocycles. The van der Waals surface area contributed by atoms with Crippen molar-refractivity contribution in [1.82, 2.24) is 0 Å². The van der Waals surface area contributed by atoms with Crippen LogP contribution >= 0.6 is 0 Å². The van der Waals surface area contributed by atoms with Crippen molar-refractivity contribution in [3.8, 4) is 0 Å². The molecule has 0 heterocycles. The second-order valence-electron chi connectivity index (χ2n) is 1.78. The first kappa shape index (κ1) is 8.75. The summed E-state index contributed by atoms with van der Waals surface area (Å²) in [6.45, 7) is 3.02. The topological polar surface area (TPSA) is 9.23 Å². The van der Waals surface area contributed by atoms with E-state index in [0.717, 1.165) is 0 Å². The number of hydrogen-bond donors (Lipinski definition) is 0. The van der Waals surface area contributed by atoms with E-state index < -0.39 is 12.5 Å². The van der Waals surface area contributed by atoms with Gasteiger partial charge in [0, 0.05) is 0 Å². The van der Waals surface area contributed by atoms with E-state index in [9.17, 15) is 13.2 Å². The summed E-state index contributed by atoms with van der Waals surface area (Å²) >= 11 is 0. The summed E-state index contributed by atoms with van der Waals surface area (Å²) < 4.78 is 37.4. The summed E-state index contributed by atoms with van der Waals surface area (Å²) in [6.07, 6.45) is -4.83. The van der Waals surface area contributed by atoms with Crippen LogP contribution in [-0.2, 0) is 4.74 Å². The van der Waals surface area contributed by atoms with E-state index in [1.165, 1.54) is 6.92 Å². The van der Waals surface area contributed by atoms with Crippen LogP contribution in [0.25, 0.3) is 0 Å². The van der Waals surface area contributed by atoms with E-state index in [2.05, 4.69) is 4.74 Å². The van der Waals surface area contributed by atoms with E-state index in [1.807, 2.05) is 0 Å². The van der Waals surface area contributed by atoms with Gasteiger partial charge in [-0.05, 0) is 13.3 Å². The molecule has 0 aliphatic heterocycles. The molecule has 0 aliphatic carbocycles. The lowest BCUT2D eigenvalue weighted by Gasteiger charge is -2.11. The number of alkyl halides is 3. The van der Waals surface area contributed by atoms with Gasteiger partial charge in [-0.15, -0.1) is 13.2 Å². The zero-order valence-electron chi connectivity index (χ0n) is 5.33. The fourth-order valence-corrected chi connectivity index (χ4v) is 0.311. The van der Waals surface area contributed by atoms with Gasteiger partial charge in [0.05, 0.1) is 6.10 Å². The molecule has 0 aromatic rings. The third-order valence-electron chi connectivity index (χ3n) is 0.910. The van der Waals surface area contributed by atoms with Crippen LogP contribution in [0.3, 0.4) is 0 Å². The summed E-state index contributed by atoms with van der Waals surface area (Å²) in [5.74, 6) is 0. The standard InChI is InChI=1S/C5H9F3O/c1-3-4(2)9-5(6,7)8/h4H,3H2,1-2H3. The zero-order valence-corrected chi connectivity index (χ0v) is 5.33. The van der Waals surface area contributed by atoms with Gasteiger partial charge in [-0.3, -0.25) is 4.74 Å². The predicted octanol–water partition coefficient (Wildman–Crippen LogP) is 2.32. The maximum absolute atomic E-state index is 11.3. The molecule has 0 bridgehead atoms. The number of halogens is 3. The molecule has 0 N–H and O–H groups in total. The molecule has 9 heavy (non-hydrogen) atoms. The Labute approximate surface area is 51.8 Å². The largest absolute Gasteiger partial charge is 0.522 e. The zero-order chi connectivity index (χ0) is 7.49. The van der Waals surface area contributed by atoms with Crippen LogP contribution in [0.15, 0.2) is 0 Å². The molecule has 0 spiro atoms. The second-order valence-corrected chi connectivity index (χ2v) is 1.78. The first-order valence-electron chi connectivity index (χ1n) is 2.70. The van der Waals surface area contributed by atoms with Crippen molar-refractivity contribution in [2.24, 2.45) is 0 Å². The van der Waals surface area contributed by atoms with Crippen LogP contribution < -0.4 is 0 Å². The molecular formula is C5H9F3O. The molecule has 4 heteroatoms. The Hall–Kier alpha value is -0.250. The van der Waals surface area contributed by atoms with Gasteiger partial charge in [0.1, 0.15) is 0 Å². The fraction of sp³-hybridized carbons (Fsp3) is 1.00. The van der Waals surface area contributed by atoms with Crippen molar-refractivity contribution < 1.29 is 17.9 Å². The minimum Gasteiger partial charge on any atom is -0.289 e. The van der Waals surface area contributed by atoms with Crippen LogP contribution in [0.2, 0.25) is 0 Å². The summed E-state index contributed by atoms with van der Waals surface area (Å²) in [5.41, 5.74) is 0. The molecule has 0 fully saturated rings. The SMILES string of the molecule is CCC(C)OC(F)(F)F. The van der Waals surface area contributed by atoms with Crippen LogP contribution in [0.5, 0.6) is 0 Å². The maximum atomic E-state index is 11.3. The van der Waals surface area contributed by atoms with Crippen molar-refractivity contribution >= 4 is 0 Å². The van der Waals surface area contributed by atoms with Crippen LogP contribution in [-0.4, -0.2) is 12.5 Å². The molecule has 0 aliphatic rings. The smallest absolute Gasteiger partial charge is 0.289 e. The molecule has 1 atom stereocenters. The third-order valence-corrected chi connectivity index (χ3v) is 0.910. The minimum atomic E-state index is -4.48. The van der Waals surface area contributed by atoms with Gasteiger partial charge in [0.15, 0.2) is 0 Å². The number of hydrogen-bond acceptors (Lipinski definition) is 1. The summed E-state index contributed by atoms with van der Waals surface area (Å²) in [5, 5.41) is 0. The molecule has 0 saturated heterocycles. The first-order valence-corrected chi connectivity index (χ1v) is 2.70. The van der Waals surface area contributed by atoms with Crippen LogP contribution in [0, 0.1) is 0 Å². The molecule has 1 nitrogen and oxygen atoms in total. The van der Waals surface area contributed by atoms with E-state index in [1.54, 1.807) is 6.92 Å². The lowest BCUT2D eigenvalue weighted by Crippen LogP contribution is -2.20. The molecular weight excluding hydrogens is 133 g/mol. The second kappa shape index (κ2) is 3.06. The van der Waals surface area contributed by atoms with Gasteiger partial charge >= 0.3 is 6.36 Å². The highest BCUT2D eigenvalue weighted by atomic mass is 19.4. The average molecular weight is 142 g/mol. The molecule has 56 valence electrons. The summed E-state index contributed by atoms with van der Waals surface area (Å²) in [6, 6.07) is 0. The Morgan fingerprint density at radius 1 is 1.44 bits per heavy atom. The normalized spacial score (nSPS) is 15.7. The van der Waals surface area contributed by atoms with Gasteiger partial charge in [0.25, 0.3) is 0 Å². The Bertz CT molecular complexity index is 78.8. The van der Waals surface area contributed by atoms with Crippen molar-refractivity contribution in [1.29, 1.82) is 0 Å². The maximum Gasteiger partial charge on any atom is 0.522 e. The lowest BCUT2D eigenvalue weighted by atomic mass is 10.3. The first-order chi connectivity index (χ1) is 3.95. The lowest BCUT2D eigenvalue weighted by molar-refractivity contribution is -0.340. The highest BCUT2D eigenvalue weighted by Gasteiger charge is 2.30. The highest BCUT2D eigenvalue weighted by molar-refractivity contribution is 4.44. The predicted molar refractivity (Wildman–Crippen MR) is 26.9 cm³/mol. The monoisotopic (exact) mass is 142 g/mol. The summed E-state index contributed by atoms with van der Waals surface area (Å²) in [7, 11) is 0. The van der Waals surface area contributed by atoms with E-state index in [0.29, 0.717) is 6.42 Å². The number of rotatable bonds is 2. The average Bonchev–Trinajstić information content (AvgIpc) is 1.62. The number of ether oxygens (including phenoxy) is 1. The molecule has 0 amide bonds. The Morgan fingerprint density at radius 3 is 2.00 bits per heavy atom. The Morgan fingerprint density at radius 2 is 1.89 bits per heavy atom. The van der Waals surface area contributed by atoms with Gasteiger partial charge in [-0.1, -0.05) is 6.92 Å². The van der Waals surface area contributed by atoms with Gasteiger partial charge in [0.2, 0.25) is 0 Å². The fourth-order valence-electron chi connectivity index (χ4n) is 0.311. The van der Waals surface area contributed by atoms with Crippen molar-refractivity contribution in [2.75, 3.05) is 0 Å². The van der Waals surface area contributed by atoms with E-state index in [4.69, 9.17) is 0 Å².